The number of benzene rings is 2. The number of fused-ring (bicyclic) bond motifs is 1. The van der Waals surface area contributed by atoms with Gasteiger partial charge in [-0.2, -0.15) is 0 Å². The van der Waals surface area contributed by atoms with E-state index in [1.807, 2.05) is 23.9 Å². The van der Waals surface area contributed by atoms with E-state index in [0.29, 0.717) is 12.5 Å². The minimum absolute atomic E-state index is 0.630. The summed E-state index contributed by atoms with van der Waals surface area (Å²) in [4.78, 5) is 1.44. The van der Waals surface area contributed by atoms with E-state index >= 15 is 0 Å². The lowest BCUT2D eigenvalue weighted by atomic mass is 10.0. The van der Waals surface area contributed by atoms with Gasteiger partial charge in [0.2, 0.25) is 0 Å². The number of aryl methyl sites for hydroxylation is 1. The quantitative estimate of drug-likeness (QED) is 0.819. The van der Waals surface area contributed by atoms with Crippen molar-refractivity contribution in [3.8, 4) is 5.75 Å². The van der Waals surface area contributed by atoms with Crippen molar-refractivity contribution < 1.29 is 4.74 Å². The monoisotopic (exact) mass is 299 g/mol. The molecule has 2 nitrogen and oxygen atoms in total. The lowest BCUT2D eigenvalue weighted by Crippen LogP contribution is -2.26. The first-order valence-corrected chi connectivity index (χ1v) is 8.43. The van der Waals surface area contributed by atoms with Gasteiger partial charge in [-0.25, -0.2) is 0 Å². The van der Waals surface area contributed by atoms with E-state index in [9.17, 15) is 0 Å². The number of nitrogens with one attached hydrogen (secondary N) is 1. The summed E-state index contributed by atoms with van der Waals surface area (Å²) in [5.41, 5.74) is 2.73. The highest BCUT2D eigenvalue weighted by Crippen LogP contribution is 2.38. The maximum Gasteiger partial charge on any atom is 0.119 e. The van der Waals surface area contributed by atoms with Crippen molar-refractivity contribution in [1.82, 2.24) is 5.32 Å². The maximum absolute atomic E-state index is 5.75. The van der Waals surface area contributed by atoms with Crippen LogP contribution in [0.3, 0.4) is 0 Å². The maximum atomic E-state index is 5.75. The van der Waals surface area contributed by atoms with Gasteiger partial charge in [-0.1, -0.05) is 30.3 Å². The second-order valence-corrected chi connectivity index (χ2v) is 6.48. The zero-order valence-corrected chi connectivity index (χ0v) is 13.2. The molecule has 1 unspecified atom stereocenters. The molecule has 0 fully saturated rings. The molecule has 0 spiro atoms. The number of hydrogen-bond acceptors (Lipinski definition) is 3. The molecule has 0 saturated heterocycles. The van der Waals surface area contributed by atoms with E-state index in [4.69, 9.17) is 4.74 Å². The number of rotatable bonds is 6. The number of ether oxygens (including phenoxy) is 1. The molecule has 2 aromatic carbocycles. The average Bonchev–Trinajstić information content (AvgIpc) is 2.90. The molecule has 3 heteroatoms. The highest BCUT2D eigenvalue weighted by atomic mass is 32.2. The minimum Gasteiger partial charge on any atom is -0.492 e. The van der Waals surface area contributed by atoms with Crippen LogP contribution in [0.4, 0.5) is 0 Å². The molecule has 110 valence electrons. The third kappa shape index (κ3) is 3.80. The second kappa shape index (κ2) is 7.01. The van der Waals surface area contributed by atoms with Crippen LogP contribution in [0.2, 0.25) is 0 Å². The van der Waals surface area contributed by atoms with Gasteiger partial charge < -0.3 is 10.1 Å². The zero-order valence-electron chi connectivity index (χ0n) is 12.3. The molecule has 1 heterocycles. The number of thioether (sulfide) groups is 1. The van der Waals surface area contributed by atoms with Gasteiger partial charge in [0.1, 0.15) is 12.4 Å². The molecule has 0 saturated carbocycles. The Morgan fingerprint density at radius 3 is 3.00 bits per heavy atom. The Morgan fingerprint density at radius 2 is 2.10 bits per heavy atom. The van der Waals surface area contributed by atoms with Crippen LogP contribution in [0, 0.1) is 6.92 Å². The van der Waals surface area contributed by atoms with Gasteiger partial charge in [0.05, 0.1) is 0 Å². The van der Waals surface area contributed by atoms with Gasteiger partial charge in [-0.05, 0) is 36.2 Å². The van der Waals surface area contributed by atoms with Gasteiger partial charge in [-0.3, -0.25) is 0 Å². The fourth-order valence-electron chi connectivity index (χ4n) is 2.62. The van der Waals surface area contributed by atoms with Crippen LogP contribution in [0.25, 0.3) is 0 Å². The molecular formula is C18H21NOS. The molecule has 3 rings (SSSR count). The summed E-state index contributed by atoms with van der Waals surface area (Å²) in [6.07, 6.45) is 0. The third-order valence-corrected chi connectivity index (χ3v) is 4.98. The van der Waals surface area contributed by atoms with E-state index in [1.54, 1.807) is 0 Å². The Labute approximate surface area is 130 Å². The number of hydrogen-bond donors (Lipinski definition) is 1. The Bertz CT molecular complexity index is 599. The molecule has 0 radical (unpaired) electrons. The molecule has 1 aliphatic rings. The Hall–Kier alpha value is -1.45. The summed E-state index contributed by atoms with van der Waals surface area (Å²) in [6, 6.07) is 16.9. The fraction of sp³-hybridized carbons (Fsp3) is 0.333. The molecule has 1 atom stereocenters. The Balaban J connectivity index is 1.40. The third-order valence-electron chi connectivity index (χ3n) is 3.73. The minimum atomic E-state index is 0.630. The van der Waals surface area contributed by atoms with Gasteiger partial charge in [0.15, 0.2) is 0 Å². The summed E-state index contributed by atoms with van der Waals surface area (Å²) < 4.78 is 5.75. The van der Waals surface area contributed by atoms with E-state index in [0.717, 1.165) is 18.8 Å². The highest BCUT2D eigenvalue weighted by Gasteiger charge is 2.21. The van der Waals surface area contributed by atoms with Crippen molar-refractivity contribution in [1.29, 1.82) is 0 Å². The zero-order chi connectivity index (χ0) is 14.5. The van der Waals surface area contributed by atoms with Crippen LogP contribution < -0.4 is 10.1 Å². The smallest absolute Gasteiger partial charge is 0.119 e. The first-order valence-electron chi connectivity index (χ1n) is 7.45. The summed E-state index contributed by atoms with van der Waals surface area (Å²) in [5, 5.41) is 3.51. The van der Waals surface area contributed by atoms with Gasteiger partial charge in [0.25, 0.3) is 0 Å². The highest BCUT2D eigenvalue weighted by molar-refractivity contribution is 7.99. The second-order valence-electron chi connectivity index (χ2n) is 5.41. The summed E-state index contributed by atoms with van der Waals surface area (Å²) in [6.45, 7) is 4.71. The van der Waals surface area contributed by atoms with Crippen molar-refractivity contribution in [2.75, 3.05) is 25.4 Å². The first-order chi connectivity index (χ1) is 10.3. The van der Waals surface area contributed by atoms with Crippen molar-refractivity contribution >= 4 is 11.8 Å². The van der Waals surface area contributed by atoms with Crippen LogP contribution >= 0.6 is 11.8 Å². The molecule has 0 aromatic heterocycles. The average molecular weight is 299 g/mol. The van der Waals surface area contributed by atoms with Crippen LogP contribution in [-0.4, -0.2) is 25.4 Å². The predicted molar refractivity (Wildman–Crippen MR) is 89.5 cm³/mol. The molecule has 2 aromatic rings. The summed E-state index contributed by atoms with van der Waals surface area (Å²) >= 11 is 1.97. The molecule has 1 aliphatic heterocycles. The van der Waals surface area contributed by atoms with Crippen LogP contribution in [0.5, 0.6) is 5.75 Å². The van der Waals surface area contributed by atoms with Gasteiger partial charge in [0, 0.05) is 29.7 Å². The normalized spacial score (nSPS) is 16.7. The van der Waals surface area contributed by atoms with E-state index < -0.39 is 0 Å². The van der Waals surface area contributed by atoms with Gasteiger partial charge in [-0.15, -0.1) is 11.8 Å². The lowest BCUT2D eigenvalue weighted by molar-refractivity contribution is 0.313. The van der Waals surface area contributed by atoms with E-state index in [-0.39, 0.29) is 0 Å². The Morgan fingerprint density at radius 1 is 1.19 bits per heavy atom. The van der Waals surface area contributed by atoms with E-state index in [1.165, 1.54) is 21.8 Å². The molecule has 0 bridgehead atoms. The van der Waals surface area contributed by atoms with Crippen molar-refractivity contribution in [3.05, 3.63) is 59.7 Å². The molecule has 0 amide bonds. The topological polar surface area (TPSA) is 21.3 Å². The standard InChI is InChI=1S/C18H21NOS/c1-14-5-4-6-16(11-14)20-10-9-19-12-15-13-21-18-8-3-2-7-17(15)18/h2-8,11,15,19H,9-10,12-13H2,1H3. The van der Waals surface area contributed by atoms with Crippen molar-refractivity contribution in [3.63, 3.8) is 0 Å². The molecular weight excluding hydrogens is 278 g/mol. The van der Waals surface area contributed by atoms with Crippen LogP contribution in [0.1, 0.15) is 17.0 Å². The van der Waals surface area contributed by atoms with Crippen LogP contribution in [-0.2, 0) is 0 Å². The largest absolute Gasteiger partial charge is 0.492 e. The lowest BCUT2D eigenvalue weighted by Gasteiger charge is -2.12. The van der Waals surface area contributed by atoms with Crippen LogP contribution in [0.15, 0.2) is 53.4 Å². The fourth-order valence-corrected chi connectivity index (χ4v) is 3.88. The molecule has 1 N–H and O–H groups in total. The molecule has 0 aliphatic carbocycles. The molecule has 21 heavy (non-hydrogen) atoms. The Kier molecular flexibility index (Phi) is 4.84. The first kappa shape index (κ1) is 14.5. The van der Waals surface area contributed by atoms with Crippen molar-refractivity contribution in [2.24, 2.45) is 0 Å². The summed E-state index contributed by atoms with van der Waals surface area (Å²) in [5.74, 6) is 2.77. The summed E-state index contributed by atoms with van der Waals surface area (Å²) in [7, 11) is 0. The van der Waals surface area contributed by atoms with E-state index in [2.05, 4.69) is 48.6 Å². The van der Waals surface area contributed by atoms with Crippen molar-refractivity contribution in [2.45, 2.75) is 17.7 Å². The SMILES string of the molecule is Cc1cccc(OCCNCC2CSc3ccccc32)c1. The predicted octanol–water partition coefficient (Wildman–Crippen LogP) is 3.85. The van der Waals surface area contributed by atoms with Gasteiger partial charge >= 0.3 is 0 Å².